The van der Waals surface area contributed by atoms with E-state index in [-0.39, 0.29) is 31.9 Å². The minimum atomic E-state index is -0.0162. The van der Waals surface area contributed by atoms with Crippen molar-refractivity contribution in [3.05, 3.63) is 175 Å². The summed E-state index contributed by atoms with van der Waals surface area (Å²) in [6.45, 7) is 13.4. The van der Waals surface area contributed by atoms with Gasteiger partial charge in [-0.25, -0.2) is 4.98 Å². The zero-order chi connectivity index (χ0) is 37.9. The predicted molar refractivity (Wildman–Crippen MR) is 223 cm³/mol. The van der Waals surface area contributed by atoms with Crippen LogP contribution in [0.25, 0.3) is 61.2 Å². The van der Waals surface area contributed by atoms with Crippen molar-refractivity contribution >= 4 is 32.8 Å². The van der Waals surface area contributed by atoms with E-state index < -0.39 is 0 Å². The molecule has 6 heteroatoms. The number of aromatic nitrogens is 4. The van der Waals surface area contributed by atoms with Gasteiger partial charge in [-0.05, 0) is 80.6 Å². The van der Waals surface area contributed by atoms with E-state index in [9.17, 15) is 0 Å². The first-order valence-corrected chi connectivity index (χ1v) is 18.8. The molecule has 3 aromatic heterocycles. The Morgan fingerprint density at radius 1 is 0.589 bits per heavy atom. The Labute approximate surface area is 343 Å². The van der Waals surface area contributed by atoms with Crippen molar-refractivity contribution in [2.24, 2.45) is 0 Å². The smallest absolute Gasteiger partial charge is 0.268 e. The molecule has 280 valence electrons. The molecule has 0 spiro atoms. The van der Waals surface area contributed by atoms with Crippen LogP contribution in [0.3, 0.4) is 0 Å². The molecule has 3 heterocycles. The van der Waals surface area contributed by atoms with Gasteiger partial charge in [0.15, 0.2) is 0 Å². The number of hydrogen-bond acceptors (Lipinski definition) is 2. The second-order valence-electron chi connectivity index (χ2n) is 16.2. The summed E-state index contributed by atoms with van der Waals surface area (Å²) in [4.78, 5) is 4.83. The third kappa shape index (κ3) is 6.86. The van der Waals surface area contributed by atoms with Crippen molar-refractivity contribution in [3.63, 3.8) is 0 Å². The molecular weight excluding hydrogens is 868 g/mol. The van der Waals surface area contributed by atoms with Crippen LogP contribution in [0.1, 0.15) is 52.7 Å². The molecule has 0 unspecified atom stereocenters. The van der Waals surface area contributed by atoms with Crippen molar-refractivity contribution in [3.8, 4) is 39.8 Å². The first kappa shape index (κ1) is 37.2. The Morgan fingerprint density at radius 2 is 1.32 bits per heavy atom. The van der Waals surface area contributed by atoms with Crippen molar-refractivity contribution < 1.29 is 30.4 Å². The van der Waals surface area contributed by atoms with Gasteiger partial charge in [-0.2, -0.15) is 18.2 Å². The maximum absolute atomic E-state index is 6.57. The summed E-state index contributed by atoms with van der Waals surface area (Å²) < 4.78 is 13.0. The molecule has 56 heavy (non-hydrogen) atoms. The van der Waals surface area contributed by atoms with Crippen molar-refractivity contribution in [2.75, 3.05) is 0 Å². The SMILES string of the molecule is CC(C)(C)c1cccc(-[n+]2[c-]n(-c3[c-]c(Oc4[c-]c5c(cc4)c4ccccc4n5-c4cc(C(C)(C)C)ccn4)ccc3)c3ccc(-c4ccccc4)cc32)c1.[Pt]. The molecule has 6 aromatic carbocycles. The molecule has 0 amide bonds. The van der Waals surface area contributed by atoms with Crippen molar-refractivity contribution in [1.82, 2.24) is 14.1 Å². The Balaban J connectivity index is 0.00000441. The molecule has 0 saturated carbocycles. The number of fused-ring (bicyclic) bond motifs is 4. The largest absolute Gasteiger partial charge is 0.510 e. The summed E-state index contributed by atoms with van der Waals surface area (Å²) in [6, 6.07) is 55.8. The molecule has 0 saturated heterocycles. The Bertz CT molecular complexity index is 2870. The minimum Gasteiger partial charge on any atom is -0.510 e. The summed E-state index contributed by atoms with van der Waals surface area (Å²) in [5.74, 6) is 2.04. The van der Waals surface area contributed by atoms with Crippen molar-refractivity contribution in [1.29, 1.82) is 0 Å². The van der Waals surface area contributed by atoms with Gasteiger partial charge < -0.3 is 13.9 Å². The van der Waals surface area contributed by atoms with E-state index in [4.69, 9.17) is 9.72 Å². The maximum atomic E-state index is 6.57. The van der Waals surface area contributed by atoms with E-state index in [0.29, 0.717) is 11.5 Å². The number of rotatable bonds is 6. The minimum absolute atomic E-state index is 0. The van der Waals surface area contributed by atoms with Crippen LogP contribution < -0.4 is 9.30 Å². The maximum Gasteiger partial charge on any atom is 0.268 e. The van der Waals surface area contributed by atoms with Crippen molar-refractivity contribution in [2.45, 2.75) is 52.4 Å². The van der Waals surface area contributed by atoms with E-state index in [2.05, 4.69) is 183 Å². The van der Waals surface area contributed by atoms with Crippen LogP contribution in [-0.2, 0) is 31.9 Å². The second-order valence-corrected chi connectivity index (χ2v) is 16.2. The Hall–Kier alpha value is -5.77. The molecule has 0 aliphatic heterocycles. The fourth-order valence-electron chi connectivity index (χ4n) is 7.33. The second kappa shape index (κ2) is 14.4. The van der Waals surface area contributed by atoms with Crippen LogP contribution in [0, 0.1) is 18.5 Å². The molecule has 0 bridgehead atoms. The van der Waals surface area contributed by atoms with E-state index in [1.54, 1.807) is 0 Å². The van der Waals surface area contributed by atoms with Gasteiger partial charge in [-0.15, -0.1) is 29.7 Å². The third-order valence-corrected chi connectivity index (χ3v) is 10.3. The molecule has 0 atom stereocenters. The predicted octanol–water partition coefficient (Wildman–Crippen LogP) is 11.9. The molecule has 9 aromatic rings. The van der Waals surface area contributed by atoms with Gasteiger partial charge in [0.2, 0.25) is 0 Å². The summed E-state index contributed by atoms with van der Waals surface area (Å²) >= 11 is 0. The van der Waals surface area contributed by atoms with Crippen LogP contribution in [0.2, 0.25) is 0 Å². The average molecular weight is 910 g/mol. The average Bonchev–Trinajstić information content (AvgIpc) is 3.73. The number of pyridine rings is 1. The third-order valence-electron chi connectivity index (χ3n) is 10.3. The molecule has 0 N–H and O–H groups in total. The van der Waals surface area contributed by atoms with Crippen LogP contribution in [0.4, 0.5) is 0 Å². The van der Waals surface area contributed by atoms with Crippen LogP contribution in [0.5, 0.6) is 11.5 Å². The fourth-order valence-corrected chi connectivity index (χ4v) is 7.33. The number of hydrogen-bond donors (Lipinski definition) is 0. The van der Waals surface area contributed by atoms with Gasteiger partial charge in [-0.1, -0.05) is 120 Å². The molecule has 9 rings (SSSR count). The summed E-state index contributed by atoms with van der Waals surface area (Å²) in [7, 11) is 0. The van der Waals surface area contributed by atoms with E-state index in [1.165, 1.54) is 16.7 Å². The monoisotopic (exact) mass is 909 g/mol. The summed E-state index contributed by atoms with van der Waals surface area (Å²) in [5.41, 5.74) is 10.7. The van der Waals surface area contributed by atoms with E-state index in [1.807, 2.05) is 36.5 Å². The number of benzene rings is 6. The number of ether oxygens (including phenoxy) is 1. The first-order chi connectivity index (χ1) is 26.5. The van der Waals surface area contributed by atoms with Gasteiger partial charge >= 0.3 is 0 Å². The zero-order valence-electron chi connectivity index (χ0n) is 32.4. The molecule has 0 radical (unpaired) electrons. The molecule has 0 aliphatic rings. The van der Waals surface area contributed by atoms with Crippen LogP contribution in [-0.4, -0.2) is 14.1 Å². The Morgan fingerprint density at radius 3 is 2.12 bits per heavy atom. The zero-order valence-corrected chi connectivity index (χ0v) is 34.6. The van der Waals surface area contributed by atoms with Crippen LogP contribution in [0.15, 0.2) is 146 Å². The summed E-state index contributed by atoms with van der Waals surface area (Å²) in [5, 5.41) is 2.23. The molecular formula is C50H42N4OPt-2. The standard InChI is InChI=1S/C50H42N4O.Pt/c1-49(2,3)36-16-12-17-38(29-36)53-33-52(45-25-22-35(28-47(45)53)34-14-8-7-9-15-34)39-18-13-19-40(31-39)55-41-23-24-43-42-20-10-11-21-44(42)54(46(43)32-41)48-30-37(26-27-51-48)50(4,5)6;/h7-30H,1-6H3;/q-2;. The van der Waals surface area contributed by atoms with E-state index >= 15 is 0 Å². The molecule has 0 fully saturated rings. The number of imidazole rings is 1. The van der Waals surface area contributed by atoms with Gasteiger partial charge in [0, 0.05) is 44.3 Å². The summed E-state index contributed by atoms with van der Waals surface area (Å²) in [6.07, 6.45) is 5.57. The fraction of sp³-hybridized carbons (Fsp3) is 0.160. The van der Waals surface area contributed by atoms with Gasteiger partial charge in [0.05, 0.1) is 16.7 Å². The van der Waals surface area contributed by atoms with Gasteiger partial charge in [0.1, 0.15) is 5.82 Å². The first-order valence-electron chi connectivity index (χ1n) is 18.8. The van der Waals surface area contributed by atoms with E-state index in [0.717, 1.165) is 55.6 Å². The van der Waals surface area contributed by atoms with Crippen LogP contribution >= 0.6 is 0 Å². The van der Waals surface area contributed by atoms with Gasteiger partial charge in [0.25, 0.3) is 6.33 Å². The number of para-hydroxylation sites is 1. The molecule has 0 aliphatic carbocycles. The number of nitrogens with zero attached hydrogens (tertiary/aromatic N) is 4. The normalized spacial score (nSPS) is 12.0. The Kier molecular flexibility index (Phi) is 9.55. The topological polar surface area (TPSA) is 35.9 Å². The quantitative estimate of drug-likeness (QED) is 0.123. The van der Waals surface area contributed by atoms with Gasteiger partial charge in [-0.3, -0.25) is 4.57 Å². The molecule has 5 nitrogen and oxygen atoms in total.